The second-order valence-corrected chi connectivity index (χ2v) is 3.30. The number of ether oxygens (including phenoxy) is 1. The fraction of sp³-hybridized carbons (Fsp3) is 0.455. The summed E-state index contributed by atoms with van der Waals surface area (Å²) in [5.41, 5.74) is 0.773. The minimum Gasteiger partial charge on any atom is -0.494 e. The van der Waals surface area contributed by atoms with Gasteiger partial charge in [-0.3, -0.25) is 0 Å². The van der Waals surface area contributed by atoms with Gasteiger partial charge in [-0.1, -0.05) is 12.1 Å². The van der Waals surface area contributed by atoms with Crippen LogP contribution < -0.4 is 10.1 Å². The van der Waals surface area contributed by atoms with Crippen LogP contribution in [0.2, 0.25) is 0 Å². The summed E-state index contributed by atoms with van der Waals surface area (Å²) in [6, 6.07) is 7.02. The quantitative estimate of drug-likeness (QED) is 0.844. The van der Waals surface area contributed by atoms with E-state index in [1.165, 1.54) is 0 Å². The zero-order valence-corrected chi connectivity index (χ0v) is 8.97. The number of halogens is 3. The number of benzene rings is 1. The van der Waals surface area contributed by atoms with E-state index in [9.17, 15) is 13.2 Å². The summed E-state index contributed by atoms with van der Waals surface area (Å²) in [4.78, 5) is 0. The standard InChI is InChI=1S/C11H14F3NO/c1-2-16-10-5-3-4-9(6-10)7-15-8-11(12,13)14/h3-6,15H,2,7-8H2,1H3. The number of nitrogens with one attached hydrogen (secondary N) is 1. The SMILES string of the molecule is CCOc1cccc(CNCC(F)(F)F)c1. The van der Waals surface area contributed by atoms with E-state index in [0.717, 1.165) is 5.56 Å². The average Bonchev–Trinajstić information content (AvgIpc) is 2.17. The van der Waals surface area contributed by atoms with Gasteiger partial charge in [0, 0.05) is 6.54 Å². The molecule has 1 rings (SSSR count). The molecule has 0 saturated carbocycles. The number of hydrogen-bond donors (Lipinski definition) is 1. The highest BCUT2D eigenvalue weighted by atomic mass is 19.4. The molecule has 0 unspecified atom stereocenters. The van der Waals surface area contributed by atoms with Crippen LogP contribution >= 0.6 is 0 Å². The van der Waals surface area contributed by atoms with Crippen molar-refractivity contribution in [2.75, 3.05) is 13.2 Å². The van der Waals surface area contributed by atoms with Crippen molar-refractivity contribution in [2.24, 2.45) is 0 Å². The summed E-state index contributed by atoms with van der Waals surface area (Å²) in [6.07, 6.45) is -4.17. The van der Waals surface area contributed by atoms with Gasteiger partial charge < -0.3 is 10.1 Å². The minimum atomic E-state index is -4.17. The molecule has 1 aromatic rings. The molecule has 16 heavy (non-hydrogen) atoms. The van der Waals surface area contributed by atoms with E-state index in [2.05, 4.69) is 5.32 Å². The maximum atomic E-state index is 11.9. The minimum absolute atomic E-state index is 0.181. The lowest BCUT2D eigenvalue weighted by atomic mass is 10.2. The van der Waals surface area contributed by atoms with Crippen LogP contribution in [0.15, 0.2) is 24.3 Å². The summed E-state index contributed by atoms with van der Waals surface area (Å²) in [5, 5.41) is 2.33. The van der Waals surface area contributed by atoms with Gasteiger partial charge in [0.25, 0.3) is 0 Å². The van der Waals surface area contributed by atoms with E-state index >= 15 is 0 Å². The van der Waals surface area contributed by atoms with Gasteiger partial charge in [0.15, 0.2) is 0 Å². The van der Waals surface area contributed by atoms with Crippen LogP contribution in [0, 0.1) is 0 Å². The van der Waals surface area contributed by atoms with Crippen molar-refractivity contribution in [2.45, 2.75) is 19.6 Å². The summed E-state index contributed by atoms with van der Waals surface area (Å²) in [7, 11) is 0. The first-order chi connectivity index (χ1) is 7.51. The van der Waals surface area contributed by atoms with E-state index in [4.69, 9.17) is 4.74 Å². The van der Waals surface area contributed by atoms with Crippen LogP contribution in [-0.2, 0) is 6.54 Å². The van der Waals surface area contributed by atoms with Crippen molar-refractivity contribution in [3.8, 4) is 5.75 Å². The van der Waals surface area contributed by atoms with Crippen molar-refractivity contribution in [3.63, 3.8) is 0 Å². The largest absolute Gasteiger partial charge is 0.494 e. The Labute approximate surface area is 92.4 Å². The predicted octanol–water partition coefficient (Wildman–Crippen LogP) is 2.74. The van der Waals surface area contributed by atoms with Crippen LogP contribution in [0.4, 0.5) is 13.2 Å². The first-order valence-electron chi connectivity index (χ1n) is 5.00. The van der Waals surface area contributed by atoms with Crippen molar-refractivity contribution in [3.05, 3.63) is 29.8 Å². The van der Waals surface area contributed by atoms with Crippen molar-refractivity contribution in [1.82, 2.24) is 5.32 Å². The molecule has 0 bridgehead atoms. The zero-order chi connectivity index (χ0) is 12.0. The van der Waals surface area contributed by atoms with Crippen molar-refractivity contribution >= 4 is 0 Å². The van der Waals surface area contributed by atoms with Gasteiger partial charge in [0.2, 0.25) is 0 Å². The first kappa shape index (κ1) is 12.8. The first-order valence-corrected chi connectivity index (χ1v) is 5.00. The molecule has 0 radical (unpaired) electrons. The van der Waals surface area contributed by atoms with E-state index in [-0.39, 0.29) is 6.54 Å². The number of rotatable bonds is 5. The van der Waals surface area contributed by atoms with Crippen molar-refractivity contribution in [1.29, 1.82) is 0 Å². The van der Waals surface area contributed by atoms with Gasteiger partial charge in [0.05, 0.1) is 13.2 Å². The van der Waals surface area contributed by atoms with Crippen LogP contribution in [0.5, 0.6) is 5.75 Å². The molecule has 2 nitrogen and oxygen atoms in total. The number of hydrogen-bond acceptors (Lipinski definition) is 2. The summed E-state index contributed by atoms with van der Waals surface area (Å²) in [6.45, 7) is 1.60. The molecule has 90 valence electrons. The molecule has 0 aliphatic carbocycles. The molecule has 0 atom stereocenters. The molecule has 0 aromatic heterocycles. The second kappa shape index (κ2) is 5.75. The summed E-state index contributed by atoms with van der Waals surface area (Å²) < 4.78 is 40.9. The van der Waals surface area contributed by atoms with Gasteiger partial charge >= 0.3 is 6.18 Å². The maximum absolute atomic E-state index is 11.9. The molecule has 5 heteroatoms. The van der Waals surface area contributed by atoms with Gasteiger partial charge in [-0.05, 0) is 24.6 Å². The molecule has 0 amide bonds. The Balaban J connectivity index is 2.44. The molecule has 0 heterocycles. The highest BCUT2D eigenvalue weighted by molar-refractivity contribution is 5.28. The Kier molecular flexibility index (Phi) is 4.61. The molecule has 0 spiro atoms. The Bertz CT molecular complexity index is 325. The topological polar surface area (TPSA) is 21.3 Å². The maximum Gasteiger partial charge on any atom is 0.401 e. The highest BCUT2D eigenvalue weighted by Gasteiger charge is 2.25. The fourth-order valence-electron chi connectivity index (χ4n) is 1.26. The van der Waals surface area contributed by atoms with E-state index in [1.807, 2.05) is 6.92 Å². The third-order valence-corrected chi connectivity index (χ3v) is 1.86. The van der Waals surface area contributed by atoms with E-state index in [1.54, 1.807) is 24.3 Å². The predicted molar refractivity (Wildman–Crippen MR) is 55.4 cm³/mol. The Morgan fingerprint density at radius 1 is 1.31 bits per heavy atom. The Hall–Kier alpha value is -1.23. The molecule has 0 saturated heterocycles. The Morgan fingerprint density at radius 3 is 2.69 bits per heavy atom. The smallest absolute Gasteiger partial charge is 0.401 e. The van der Waals surface area contributed by atoms with Crippen molar-refractivity contribution < 1.29 is 17.9 Å². The molecule has 1 aromatic carbocycles. The average molecular weight is 233 g/mol. The molecule has 0 fully saturated rings. The molecule has 0 aliphatic heterocycles. The zero-order valence-electron chi connectivity index (χ0n) is 8.97. The third kappa shape index (κ3) is 5.02. The molecule has 1 N–H and O–H groups in total. The van der Waals surface area contributed by atoms with E-state index < -0.39 is 12.7 Å². The van der Waals surface area contributed by atoms with Gasteiger partial charge in [-0.15, -0.1) is 0 Å². The van der Waals surface area contributed by atoms with Crippen LogP contribution in [0.3, 0.4) is 0 Å². The lowest BCUT2D eigenvalue weighted by molar-refractivity contribution is -0.125. The number of alkyl halides is 3. The van der Waals surface area contributed by atoms with Gasteiger partial charge in [0.1, 0.15) is 5.75 Å². The second-order valence-electron chi connectivity index (χ2n) is 3.30. The van der Waals surface area contributed by atoms with E-state index in [0.29, 0.717) is 12.4 Å². The summed E-state index contributed by atoms with van der Waals surface area (Å²) in [5.74, 6) is 0.675. The lowest BCUT2D eigenvalue weighted by Crippen LogP contribution is -2.28. The molecular formula is C11H14F3NO. The third-order valence-electron chi connectivity index (χ3n) is 1.86. The highest BCUT2D eigenvalue weighted by Crippen LogP contribution is 2.15. The normalized spacial score (nSPS) is 11.5. The van der Waals surface area contributed by atoms with Crippen LogP contribution in [0.1, 0.15) is 12.5 Å². The molecule has 0 aliphatic rings. The van der Waals surface area contributed by atoms with Crippen LogP contribution in [-0.4, -0.2) is 19.3 Å². The molecular weight excluding hydrogens is 219 g/mol. The van der Waals surface area contributed by atoms with Gasteiger partial charge in [-0.2, -0.15) is 13.2 Å². The fourth-order valence-corrected chi connectivity index (χ4v) is 1.26. The van der Waals surface area contributed by atoms with Crippen LogP contribution in [0.25, 0.3) is 0 Å². The lowest BCUT2D eigenvalue weighted by Gasteiger charge is -2.09. The monoisotopic (exact) mass is 233 g/mol. The summed E-state index contributed by atoms with van der Waals surface area (Å²) >= 11 is 0. The Morgan fingerprint density at radius 2 is 2.06 bits per heavy atom. The van der Waals surface area contributed by atoms with Gasteiger partial charge in [-0.25, -0.2) is 0 Å².